The third-order valence-corrected chi connectivity index (χ3v) is 8.11. The number of benzene rings is 1. The van der Waals surface area contributed by atoms with E-state index in [-0.39, 0.29) is 55.5 Å². The van der Waals surface area contributed by atoms with Crippen molar-refractivity contribution < 1.29 is 37.8 Å². The second kappa shape index (κ2) is 10.7. The van der Waals surface area contributed by atoms with Crippen molar-refractivity contribution in [2.45, 2.75) is 67.7 Å². The van der Waals surface area contributed by atoms with Gasteiger partial charge in [0.2, 0.25) is 0 Å². The molecule has 2 aromatic rings. The number of nitrogens with zero attached hydrogens (tertiary/aromatic N) is 1. The van der Waals surface area contributed by atoms with Gasteiger partial charge >= 0.3 is 0 Å². The first-order valence-corrected chi connectivity index (χ1v) is 11.7. The van der Waals surface area contributed by atoms with Gasteiger partial charge in [0, 0.05) is 49.4 Å². The Morgan fingerprint density at radius 3 is 2.54 bits per heavy atom. The average Bonchev–Trinajstić information content (AvgIpc) is 3.22. The summed E-state index contributed by atoms with van der Waals surface area (Å²) in [6, 6.07) is 8.50. The predicted octanol–water partition coefficient (Wildman–Crippen LogP) is 6.12. The third-order valence-electron chi connectivity index (χ3n) is 6.39. The number of aliphatic hydroxyl groups excluding tert-OH is 1. The maximum absolute atomic E-state index is 10.5. The van der Waals surface area contributed by atoms with Gasteiger partial charge in [-0.05, 0) is 48.6 Å². The Morgan fingerprint density at radius 2 is 1.93 bits per heavy atom. The fraction of sp³-hybridized carbons (Fsp3) is 0.591. The van der Waals surface area contributed by atoms with Crippen LogP contribution in [0.4, 0.5) is 0 Å². The minimum Gasteiger partial charge on any atom is -0.388 e. The number of thiazole rings is 1. The van der Waals surface area contributed by atoms with Gasteiger partial charge in [0.05, 0.1) is 6.10 Å². The molecule has 1 N–H and O–H groups in total. The molecule has 2 saturated carbocycles. The molecule has 1 radical (unpaired) electrons. The molecule has 149 valence electrons. The summed E-state index contributed by atoms with van der Waals surface area (Å²) in [6.07, 6.45) is 8.93. The zero-order valence-corrected chi connectivity index (χ0v) is 21.1. The quantitative estimate of drug-likeness (QED) is 0.359. The van der Waals surface area contributed by atoms with Crippen molar-refractivity contribution in [3.63, 3.8) is 0 Å². The van der Waals surface area contributed by atoms with Gasteiger partial charge in [-0.3, -0.25) is 0 Å². The molecule has 0 spiro atoms. The van der Waals surface area contributed by atoms with Crippen molar-refractivity contribution in [1.82, 2.24) is 4.98 Å². The Kier molecular flexibility index (Phi) is 8.84. The summed E-state index contributed by atoms with van der Waals surface area (Å²) in [7, 11) is 0. The summed E-state index contributed by atoms with van der Waals surface area (Å²) in [5.74, 6) is 1.11. The van der Waals surface area contributed by atoms with Crippen LogP contribution in [0, 0.1) is 17.2 Å². The normalized spacial score (nSPS) is 28.5. The van der Waals surface area contributed by atoms with E-state index in [0.29, 0.717) is 11.8 Å². The van der Waals surface area contributed by atoms with Gasteiger partial charge in [-0.25, -0.2) is 0 Å². The van der Waals surface area contributed by atoms with E-state index in [1.807, 2.05) is 0 Å². The Hall–Kier alpha value is 0.494. The van der Waals surface area contributed by atoms with Gasteiger partial charge in [0.1, 0.15) is 0 Å². The van der Waals surface area contributed by atoms with Gasteiger partial charge in [-0.15, -0.1) is 23.2 Å². The Bertz CT molecular complexity index is 723. The first kappa shape index (κ1) is 23.2. The zero-order chi connectivity index (χ0) is 18.8. The Morgan fingerprint density at radius 1 is 1.18 bits per heavy atom. The maximum Gasteiger partial charge on any atom is 0.0818 e. The number of alkyl halides is 2. The summed E-state index contributed by atoms with van der Waals surface area (Å²) in [6.45, 7) is 0. The fourth-order valence-electron chi connectivity index (χ4n) is 4.61. The van der Waals surface area contributed by atoms with Crippen molar-refractivity contribution in [3.05, 3.63) is 52.0 Å². The molecule has 4 rings (SSSR count). The van der Waals surface area contributed by atoms with Crippen molar-refractivity contribution >= 4 is 34.5 Å². The number of hydrogen-bond donors (Lipinski definition) is 1. The third kappa shape index (κ3) is 5.21. The molecule has 28 heavy (non-hydrogen) atoms. The number of aryl methyl sites for hydroxylation is 1. The van der Waals surface area contributed by atoms with Crippen LogP contribution >= 0.6 is 34.5 Å². The molecular formula is C22H26Cl2NOSY-. The van der Waals surface area contributed by atoms with Crippen molar-refractivity contribution in [2.75, 3.05) is 0 Å². The minimum atomic E-state index is -0.324. The predicted molar refractivity (Wildman–Crippen MR) is 113 cm³/mol. The molecular weight excluding hydrogens is 486 g/mol. The van der Waals surface area contributed by atoms with Crippen LogP contribution in [-0.4, -0.2) is 20.8 Å². The second-order valence-corrected chi connectivity index (χ2v) is 10.1. The largest absolute Gasteiger partial charge is 0.388 e. The minimum absolute atomic E-state index is 0. The smallest absolute Gasteiger partial charge is 0.0818 e. The van der Waals surface area contributed by atoms with E-state index in [9.17, 15) is 5.11 Å². The van der Waals surface area contributed by atoms with Crippen LogP contribution in [-0.2, 0) is 39.1 Å². The summed E-state index contributed by atoms with van der Waals surface area (Å²) in [4.78, 5) is 4.32. The van der Waals surface area contributed by atoms with E-state index >= 15 is 0 Å². The zero-order valence-electron chi connectivity index (χ0n) is 15.9. The first-order chi connectivity index (χ1) is 13.1. The fourth-order valence-corrected chi connectivity index (χ4v) is 6.30. The van der Waals surface area contributed by atoms with E-state index in [1.165, 1.54) is 12.0 Å². The van der Waals surface area contributed by atoms with Crippen LogP contribution in [0.2, 0.25) is 0 Å². The monoisotopic (exact) mass is 511 g/mol. The molecule has 1 aromatic carbocycles. The van der Waals surface area contributed by atoms with E-state index < -0.39 is 0 Å². The topological polar surface area (TPSA) is 33.1 Å². The van der Waals surface area contributed by atoms with Gasteiger partial charge in [-0.1, -0.05) is 54.7 Å². The standard InChI is InChI=1S/C22H26Cl2NOS.Y/c23-18-13-19(24)21(17(18)5-2-6-20-25-11-12-27-20)14-7-9-16(10-8-14)22(26)15-3-1-4-15;/h7-11,15,17-19,21-22,26H,1-6,13H2;/q-1;. The number of halogens is 2. The molecule has 2 aliphatic carbocycles. The van der Waals surface area contributed by atoms with Gasteiger partial charge in [0.15, 0.2) is 0 Å². The Balaban J connectivity index is 0.00000225. The van der Waals surface area contributed by atoms with E-state index in [4.69, 9.17) is 23.2 Å². The molecule has 2 aliphatic rings. The van der Waals surface area contributed by atoms with Gasteiger partial charge in [0.25, 0.3) is 0 Å². The molecule has 1 heterocycles. The number of rotatable bonds is 7. The van der Waals surface area contributed by atoms with Crippen molar-refractivity contribution in [2.24, 2.45) is 11.8 Å². The first-order valence-electron chi connectivity index (χ1n) is 10.0. The van der Waals surface area contributed by atoms with Crippen LogP contribution in [0.15, 0.2) is 30.5 Å². The molecule has 0 aliphatic heterocycles. The van der Waals surface area contributed by atoms with Crippen LogP contribution in [0.1, 0.15) is 66.7 Å². The second-order valence-electron chi connectivity index (χ2n) is 8.02. The molecule has 2 fully saturated rings. The average molecular weight is 512 g/mol. The van der Waals surface area contributed by atoms with Crippen LogP contribution in [0.25, 0.3) is 0 Å². The SMILES string of the molecule is OC(c1ccc(C2C(Cl)CC(Cl)C2CCCc2nc[c-]s2)cc1)C1CCC1.[Y]. The molecule has 0 saturated heterocycles. The molecule has 5 unspecified atom stereocenters. The van der Waals surface area contributed by atoms with E-state index in [2.05, 4.69) is 34.6 Å². The summed E-state index contributed by atoms with van der Waals surface area (Å²) < 4.78 is 0. The molecule has 1 aromatic heterocycles. The number of aliphatic hydroxyl groups is 1. The molecule has 0 bridgehead atoms. The Labute approximate surface area is 207 Å². The number of hydrogen-bond acceptors (Lipinski definition) is 3. The maximum atomic E-state index is 10.5. The van der Waals surface area contributed by atoms with Crippen LogP contribution in [0.5, 0.6) is 0 Å². The number of aromatic nitrogens is 1. The van der Waals surface area contributed by atoms with E-state index in [1.54, 1.807) is 17.5 Å². The van der Waals surface area contributed by atoms with Crippen LogP contribution in [0.3, 0.4) is 0 Å². The van der Waals surface area contributed by atoms with Crippen molar-refractivity contribution in [3.8, 4) is 0 Å². The van der Waals surface area contributed by atoms with Gasteiger partial charge in [-0.2, -0.15) is 5.38 Å². The van der Waals surface area contributed by atoms with Crippen molar-refractivity contribution in [1.29, 1.82) is 0 Å². The summed E-state index contributed by atoms with van der Waals surface area (Å²) in [5.41, 5.74) is 2.29. The van der Waals surface area contributed by atoms with Gasteiger partial charge < -0.3 is 21.4 Å². The van der Waals surface area contributed by atoms with Crippen LogP contribution < -0.4 is 0 Å². The van der Waals surface area contributed by atoms with E-state index in [0.717, 1.165) is 49.1 Å². The molecule has 5 atom stereocenters. The summed E-state index contributed by atoms with van der Waals surface area (Å²) >= 11 is 15.0. The summed E-state index contributed by atoms with van der Waals surface area (Å²) in [5, 5.41) is 14.9. The molecule has 2 nitrogen and oxygen atoms in total. The molecule has 6 heteroatoms. The molecule has 0 amide bonds.